The molecule has 250 valence electrons. The molecule has 0 bridgehead atoms. The Morgan fingerprint density at radius 1 is 0.844 bits per heavy atom. The van der Waals surface area contributed by atoms with Crippen molar-refractivity contribution in [1.29, 1.82) is 0 Å². The van der Waals surface area contributed by atoms with E-state index in [-0.39, 0.29) is 17.7 Å². The maximum absolute atomic E-state index is 12.0. The molecule has 3 amide bonds. The fourth-order valence-electron chi connectivity index (χ4n) is 3.88. The van der Waals surface area contributed by atoms with E-state index in [2.05, 4.69) is 17.2 Å². The summed E-state index contributed by atoms with van der Waals surface area (Å²) < 4.78 is 27.0. The molecule has 1 aromatic rings. The van der Waals surface area contributed by atoms with Crippen molar-refractivity contribution in [2.24, 2.45) is 10.8 Å². The Morgan fingerprint density at radius 2 is 1.31 bits per heavy atom. The van der Waals surface area contributed by atoms with Crippen LogP contribution in [0.4, 0.5) is 0 Å². The number of amides is 3. The van der Waals surface area contributed by atoms with Gasteiger partial charge in [0.05, 0.1) is 13.2 Å². The van der Waals surface area contributed by atoms with E-state index in [1.54, 1.807) is 27.7 Å². The SMILES string of the molecule is C=CC(=O)OCc1ccccc1.CC(=O)/C=C/NC(=O)[C@@H]1OC(C)(C)OCC1(C)C.CC1(C)OCC(C)(C)[C@H](C(=O)NC=O)O1. The van der Waals surface area contributed by atoms with E-state index in [1.807, 2.05) is 58.0 Å². The number of hydrogen-bond acceptors (Lipinski definition) is 10. The molecule has 2 saturated heterocycles. The molecule has 0 saturated carbocycles. The van der Waals surface area contributed by atoms with Crippen LogP contribution in [0.5, 0.6) is 0 Å². The molecule has 1 aromatic carbocycles. The standard InChI is InChI=1S/C13H21NO4.C10H17NO4.C10H10O2/c1-9(15)6-7-14-11(16)10-12(2,3)8-17-13(4,5)18-10;1-9(2)5-14-10(3,4)15-7(9)8(13)11-6-12;1-2-10(11)12-8-9-6-4-3-5-7-9/h6-7,10H,8H2,1-5H3,(H,14,16);6-7H,5H2,1-4H3,(H,11,12,13);2-7H,1,8H2/b7-6+;;/t10-;7-;/m00./s1. The molecule has 0 aliphatic carbocycles. The number of ether oxygens (including phenoxy) is 5. The molecule has 2 atom stereocenters. The van der Waals surface area contributed by atoms with Crippen molar-refractivity contribution in [3.63, 3.8) is 0 Å². The van der Waals surface area contributed by atoms with Gasteiger partial charge in [0.15, 0.2) is 17.4 Å². The van der Waals surface area contributed by atoms with Crippen LogP contribution in [0.3, 0.4) is 0 Å². The van der Waals surface area contributed by atoms with E-state index in [9.17, 15) is 24.0 Å². The quantitative estimate of drug-likeness (QED) is 0.246. The van der Waals surface area contributed by atoms with Gasteiger partial charge in [0.25, 0.3) is 11.8 Å². The third-order valence-corrected chi connectivity index (χ3v) is 6.42. The lowest BCUT2D eigenvalue weighted by molar-refractivity contribution is -0.304. The number of carbonyl (C=O) groups excluding carboxylic acids is 5. The van der Waals surface area contributed by atoms with Crippen molar-refractivity contribution in [2.45, 2.75) is 92.7 Å². The lowest BCUT2D eigenvalue weighted by Crippen LogP contribution is -2.56. The molecule has 2 heterocycles. The predicted octanol–water partition coefficient (Wildman–Crippen LogP) is 3.74. The zero-order valence-electron chi connectivity index (χ0n) is 27.8. The van der Waals surface area contributed by atoms with Crippen molar-refractivity contribution in [1.82, 2.24) is 10.6 Å². The smallest absolute Gasteiger partial charge is 0.330 e. The lowest BCUT2D eigenvalue weighted by Gasteiger charge is -2.44. The minimum Gasteiger partial charge on any atom is -0.458 e. The van der Waals surface area contributed by atoms with Gasteiger partial charge in [-0.25, -0.2) is 4.79 Å². The molecule has 12 nitrogen and oxygen atoms in total. The van der Waals surface area contributed by atoms with E-state index in [0.29, 0.717) is 26.2 Å². The molecule has 12 heteroatoms. The van der Waals surface area contributed by atoms with Gasteiger partial charge in [0.1, 0.15) is 18.8 Å². The number of ketones is 1. The first-order valence-corrected chi connectivity index (χ1v) is 14.4. The highest BCUT2D eigenvalue weighted by molar-refractivity contribution is 5.90. The van der Waals surface area contributed by atoms with Gasteiger partial charge >= 0.3 is 5.97 Å². The van der Waals surface area contributed by atoms with Crippen molar-refractivity contribution in [3.8, 4) is 0 Å². The third-order valence-electron chi connectivity index (χ3n) is 6.42. The maximum atomic E-state index is 12.0. The predicted molar refractivity (Wildman–Crippen MR) is 166 cm³/mol. The van der Waals surface area contributed by atoms with Gasteiger partial charge in [-0.15, -0.1) is 0 Å². The number of rotatable bonds is 8. The fourth-order valence-corrected chi connectivity index (χ4v) is 3.88. The van der Waals surface area contributed by atoms with E-state index in [1.165, 1.54) is 19.2 Å². The molecule has 2 fully saturated rings. The molecule has 2 aliphatic heterocycles. The molecular weight excluding hydrogens is 584 g/mol. The Hall–Kier alpha value is -3.71. The van der Waals surface area contributed by atoms with Crippen LogP contribution in [-0.4, -0.2) is 67.0 Å². The largest absolute Gasteiger partial charge is 0.458 e. The van der Waals surface area contributed by atoms with E-state index in [0.717, 1.165) is 11.6 Å². The molecule has 2 N–H and O–H groups in total. The van der Waals surface area contributed by atoms with Gasteiger partial charge in [0, 0.05) is 23.1 Å². The molecule has 2 aliphatic rings. The number of esters is 1. The van der Waals surface area contributed by atoms with Crippen LogP contribution in [0.25, 0.3) is 0 Å². The van der Waals surface area contributed by atoms with Gasteiger partial charge in [-0.3, -0.25) is 24.5 Å². The van der Waals surface area contributed by atoms with Crippen LogP contribution in [0.2, 0.25) is 0 Å². The Labute approximate surface area is 265 Å². The van der Waals surface area contributed by atoms with Gasteiger partial charge in [-0.1, -0.05) is 64.6 Å². The normalized spacial score (nSPS) is 22.2. The summed E-state index contributed by atoms with van der Waals surface area (Å²) in [5.74, 6) is -2.77. The summed E-state index contributed by atoms with van der Waals surface area (Å²) in [6.07, 6.45) is 2.87. The number of hydrogen-bond donors (Lipinski definition) is 2. The maximum Gasteiger partial charge on any atom is 0.330 e. The minimum atomic E-state index is -0.791. The van der Waals surface area contributed by atoms with Crippen LogP contribution in [0.1, 0.15) is 67.9 Å². The first kappa shape index (κ1) is 39.3. The average Bonchev–Trinajstić information content (AvgIpc) is 2.96. The summed E-state index contributed by atoms with van der Waals surface area (Å²) in [5.41, 5.74) is 0.124. The molecule has 45 heavy (non-hydrogen) atoms. The second-order valence-corrected chi connectivity index (χ2v) is 12.7. The Bertz CT molecular complexity index is 1210. The molecule has 0 aromatic heterocycles. The lowest BCUT2D eigenvalue weighted by atomic mass is 9.85. The van der Waals surface area contributed by atoms with E-state index < -0.39 is 40.5 Å². The minimum absolute atomic E-state index is 0.122. The molecular formula is C33H48N2O10. The third kappa shape index (κ3) is 14.3. The summed E-state index contributed by atoms with van der Waals surface area (Å²) in [6.45, 7) is 20.4. The van der Waals surface area contributed by atoms with Crippen molar-refractivity contribution in [3.05, 3.63) is 60.8 Å². The summed E-state index contributed by atoms with van der Waals surface area (Å²) in [4.78, 5) is 55.2. The van der Waals surface area contributed by atoms with Gasteiger partial charge in [0.2, 0.25) is 6.41 Å². The zero-order chi connectivity index (χ0) is 34.5. The van der Waals surface area contributed by atoms with Crippen LogP contribution in [0.15, 0.2) is 55.3 Å². The van der Waals surface area contributed by atoms with Crippen molar-refractivity contribution >= 4 is 30.0 Å². The number of imide groups is 1. The van der Waals surface area contributed by atoms with Gasteiger partial charge in [-0.05, 0) is 46.3 Å². The monoisotopic (exact) mass is 632 g/mol. The summed E-state index contributed by atoms with van der Waals surface area (Å²) in [7, 11) is 0. The first-order valence-electron chi connectivity index (χ1n) is 14.4. The van der Waals surface area contributed by atoms with Gasteiger partial charge in [-0.2, -0.15) is 0 Å². The molecule has 3 rings (SSSR count). The number of benzene rings is 1. The average molecular weight is 633 g/mol. The van der Waals surface area contributed by atoms with Crippen LogP contribution in [-0.2, 0) is 54.3 Å². The highest BCUT2D eigenvalue weighted by atomic mass is 16.7. The van der Waals surface area contributed by atoms with Crippen LogP contribution < -0.4 is 10.6 Å². The van der Waals surface area contributed by atoms with Gasteiger partial charge < -0.3 is 29.0 Å². The second-order valence-electron chi connectivity index (χ2n) is 12.7. The fraction of sp³-hybridized carbons (Fsp3) is 0.545. The van der Waals surface area contributed by atoms with Crippen LogP contribution in [0, 0.1) is 10.8 Å². The van der Waals surface area contributed by atoms with E-state index in [4.69, 9.17) is 23.7 Å². The van der Waals surface area contributed by atoms with Crippen molar-refractivity contribution in [2.75, 3.05) is 13.2 Å². The Morgan fingerprint density at radius 3 is 1.73 bits per heavy atom. The number of carbonyl (C=O) groups is 5. The summed E-state index contributed by atoms with van der Waals surface area (Å²) in [5, 5.41) is 4.66. The van der Waals surface area contributed by atoms with Crippen molar-refractivity contribution < 1.29 is 47.7 Å². The Kier molecular flexibility index (Phi) is 14.9. The number of nitrogens with one attached hydrogen (secondary N) is 2. The topological polar surface area (TPSA) is 156 Å². The zero-order valence-corrected chi connectivity index (χ0v) is 27.8. The number of allylic oxidation sites excluding steroid dienone is 1. The molecule has 0 spiro atoms. The first-order chi connectivity index (χ1) is 20.7. The highest BCUT2D eigenvalue weighted by Gasteiger charge is 2.46. The second kappa shape index (κ2) is 17.1. The van der Waals surface area contributed by atoms with Crippen LogP contribution >= 0.6 is 0 Å². The molecule has 0 unspecified atom stereocenters. The summed E-state index contributed by atoms with van der Waals surface area (Å²) in [6, 6.07) is 9.51. The van der Waals surface area contributed by atoms with E-state index >= 15 is 0 Å². The summed E-state index contributed by atoms with van der Waals surface area (Å²) >= 11 is 0. The Balaban J connectivity index is 0.000000344. The molecule has 0 radical (unpaired) electrons. The highest BCUT2D eigenvalue weighted by Crippen LogP contribution is 2.35.